The van der Waals surface area contributed by atoms with Crippen molar-refractivity contribution in [3.05, 3.63) is 34.9 Å². The summed E-state index contributed by atoms with van der Waals surface area (Å²) in [6.45, 7) is 6.17. The normalized spacial score (nSPS) is 14.5. The third-order valence-electron chi connectivity index (χ3n) is 5.29. The Balaban J connectivity index is 2.20. The van der Waals surface area contributed by atoms with Crippen LogP contribution in [0.2, 0.25) is 0 Å². The van der Waals surface area contributed by atoms with Gasteiger partial charge >= 0.3 is 5.97 Å². The predicted molar refractivity (Wildman–Crippen MR) is 114 cm³/mol. The number of phenols is 2. The molecule has 0 radical (unpaired) electrons. The summed E-state index contributed by atoms with van der Waals surface area (Å²) in [5, 5.41) is 20.1. The maximum absolute atomic E-state index is 13.1. The second-order valence-corrected chi connectivity index (χ2v) is 8.26. The summed E-state index contributed by atoms with van der Waals surface area (Å²) in [4.78, 5) is 38.0. The van der Waals surface area contributed by atoms with Crippen LogP contribution in [0.5, 0.6) is 11.5 Å². The highest BCUT2D eigenvalue weighted by atomic mass is 16.5. The molecule has 1 unspecified atom stereocenters. The van der Waals surface area contributed by atoms with E-state index in [-0.39, 0.29) is 34.6 Å². The number of rotatable bonds is 11. The van der Waals surface area contributed by atoms with E-state index in [1.54, 1.807) is 0 Å². The summed E-state index contributed by atoms with van der Waals surface area (Å²) in [5.74, 6) is -2.00. The first-order valence-corrected chi connectivity index (χ1v) is 10.8. The third kappa shape index (κ3) is 5.94. The Bertz CT molecular complexity index is 821. The molecule has 2 rings (SSSR count). The maximum atomic E-state index is 13.1. The first-order chi connectivity index (χ1) is 14.3. The molecule has 2 N–H and O–H groups in total. The largest absolute Gasteiger partial charge is 0.507 e. The molecule has 0 aromatic heterocycles. The number of Topliss-reactive ketones (excluding diaryl/α,β-unsaturated/α-hetero) is 1. The fourth-order valence-corrected chi connectivity index (χ4v) is 3.58. The molecule has 1 aliphatic carbocycles. The van der Waals surface area contributed by atoms with Crippen molar-refractivity contribution >= 4 is 17.5 Å². The highest BCUT2D eigenvalue weighted by Crippen LogP contribution is 2.36. The topological polar surface area (TPSA) is 101 Å². The number of aromatic hydroxyl groups is 2. The van der Waals surface area contributed by atoms with E-state index in [0.717, 1.165) is 38.2 Å². The van der Waals surface area contributed by atoms with E-state index >= 15 is 0 Å². The number of ether oxygens (including phenoxy) is 1. The zero-order valence-corrected chi connectivity index (χ0v) is 18.1. The van der Waals surface area contributed by atoms with Gasteiger partial charge in [0, 0.05) is 12.0 Å². The van der Waals surface area contributed by atoms with E-state index in [1.165, 1.54) is 12.1 Å². The van der Waals surface area contributed by atoms with Gasteiger partial charge in [0.05, 0.1) is 11.1 Å². The molecule has 0 spiro atoms. The van der Waals surface area contributed by atoms with Crippen molar-refractivity contribution in [1.82, 2.24) is 0 Å². The van der Waals surface area contributed by atoms with Crippen LogP contribution in [-0.4, -0.2) is 33.9 Å². The van der Waals surface area contributed by atoms with Crippen LogP contribution in [0, 0.1) is 5.92 Å². The van der Waals surface area contributed by atoms with Crippen molar-refractivity contribution in [2.75, 3.05) is 0 Å². The first-order valence-electron chi connectivity index (χ1n) is 10.8. The summed E-state index contributed by atoms with van der Waals surface area (Å²) in [6.07, 6.45) is 6.62. The van der Waals surface area contributed by atoms with Crippen LogP contribution in [0.15, 0.2) is 23.8 Å². The molecule has 0 fully saturated rings. The van der Waals surface area contributed by atoms with E-state index in [1.807, 2.05) is 13.8 Å². The van der Waals surface area contributed by atoms with E-state index in [0.29, 0.717) is 18.8 Å². The molecule has 0 saturated carbocycles. The zero-order valence-electron chi connectivity index (χ0n) is 18.1. The Morgan fingerprint density at radius 3 is 2.23 bits per heavy atom. The maximum Gasteiger partial charge on any atom is 0.306 e. The van der Waals surface area contributed by atoms with E-state index in [4.69, 9.17) is 4.74 Å². The Morgan fingerprint density at radius 2 is 1.60 bits per heavy atom. The number of carbonyl (C=O) groups is 3. The molecule has 1 aliphatic rings. The highest BCUT2D eigenvalue weighted by Gasteiger charge is 2.35. The average molecular weight is 417 g/mol. The smallest absolute Gasteiger partial charge is 0.306 e. The van der Waals surface area contributed by atoms with Gasteiger partial charge < -0.3 is 14.9 Å². The molecule has 6 nitrogen and oxygen atoms in total. The lowest BCUT2D eigenvalue weighted by Crippen LogP contribution is -2.29. The minimum atomic E-state index is -0.859. The lowest BCUT2D eigenvalue weighted by Gasteiger charge is -2.24. The van der Waals surface area contributed by atoms with Crippen LogP contribution in [0.4, 0.5) is 0 Å². The number of carbonyl (C=O) groups excluding carboxylic acids is 3. The fourth-order valence-electron chi connectivity index (χ4n) is 3.58. The Labute approximate surface area is 177 Å². The van der Waals surface area contributed by atoms with Gasteiger partial charge in [0.15, 0.2) is 11.6 Å². The van der Waals surface area contributed by atoms with Crippen LogP contribution in [0.3, 0.4) is 0 Å². The fraction of sp³-hybridized carbons (Fsp3) is 0.542. The molecule has 1 aromatic rings. The molecular weight excluding hydrogens is 384 g/mol. The van der Waals surface area contributed by atoms with Crippen molar-refractivity contribution in [3.63, 3.8) is 0 Å². The quantitative estimate of drug-likeness (QED) is 0.295. The molecule has 1 atom stereocenters. The standard InChI is InChI=1S/C24H32O6/c1-4-5-6-7-8-9-21(28)30-20(13-10-15(2)3)16-14-19(27)22-17(25)11-12-18(26)23(22)24(16)29/h11-12,14-15,20,25-26H,4-10,13H2,1-3H3. The molecule has 0 saturated heterocycles. The van der Waals surface area contributed by atoms with Crippen molar-refractivity contribution in [1.29, 1.82) is 0 Å². The van der Waals surface area contributed by atoms with Gasteiger partial charge in [-0.3, -0.25) is 14.4 Å². The SMILES string of the molecule is CCCCCCCC(=O)OC(CCC(C)C)C1=CC(=O)c2c(O)ccc(O)c2C1=O. The van der Waals surface area contributed by atoms with Gasteiger partial charge in [0.2, 0.25) is 0 Å². The number of esters is 1. The number of hydrogen-bond acceptors (Lipinski definition) is 6. The molecule has 0 heterocycles. The zero-order chi connectivity index (χ0) is 22.3. The second-order valence-electron chi connectivity index (χ2n) is 8.26. The Hall–Kier alpha value is -2.63. The first kappa shape index (κ1) is 23.6. The van der Waals surface area contributed by atoms with E-state index < -0.39 is 23.6 Å². The van der Waals surface area contributed by atoms with Gasteiger partial charge in [-0.15, -0.1) is 0 Å². The average Bonchev–Trinajstić information content (AvgIpc) is 2.69. The van der Waals surface area contributed by atoms with Crippen molar-refractivity contribution in [3.8, 4) is 11.5 Å². The summed E-state index contributed by atoms with van der Waals surface area (Å²) in [5.41, 5.74) is -0.398. The van der Waals surface area contributed by atoms with Crippen LogP contribution in [-0.2, 0) is 9.53 Å². The summed E-state index contributed by atoms with van der Waals surface area (Å²) in [7, 11) is 0. The molecule has 0 amide bonds. The number of unbranched alkanes of at least 4 members (excludes halogenated alkanes) is 4. The summed E-state index contributed by atoms with van der Waals surface area (Å²) < 4.78 is 5.63. The minimum Gasteiger partial charge on any atom is -0.507 e. The lowest BCUT2D eigenvalue weighted by molar-refractivity contribution is -0.147. The predicted octanol–water partition coefficient (Wildman–Crippen LogP) is 5.11. The van der Waals surface area contributed by atoms with E-state index in [2.05, 4.69) is 6.92 Å². The van der Waals surface area contributed by atoms with Crippen LogP contribution in [0.25, 0.3) is 0 Å². The Morgan fingerprint density at radius 1 is 0.967 bits per heavy atom. The van der Waals surface area contributed by atoms with Gasteiger partial charge in [-0.25, -0.2) is 0 Å². The summed E-state index contributed by atoms with van der Waals surface area (Å²) >= 11 is 0. The molecule has 0 bridgehead atoms. The summed E-state index contributed by atoms with van der Waals surface area (Å²) in [6, 6.07) is 2.35. The molecule has 1 aromatic carbocycles. The number of ketones is 2. The van der Waals surface area contributed by atoms with Crippen molar-refractivity contribution < 1.29 is 29.3 Å². The molecule has 30 heavy (non-hydrogen) atoms. The third-order valence-corrected chi connectivity index (χ3v) is 5.29. The van der Waals surface area contributed by atoms with Crippen molar-refractivity contribution in [2.45, 2.75) is 78.2 Å². The molecular formula is C24H32O6. The molecule has 0 aliphatic heterocycles. The van der Waals surface area contributed by atoms with Gasteiger partial charge in [0.1, 0.15) is 17.6 Å². The highest BCUT2D eigenvalue weighted by molar-refractivity contribution is 6.27. The molecule has 164 valence electrons. The van der Waals surface area contributed by atoms with Crippen LogP contribution >= 0.6 is 0 Å². The number of hydrogen-bond donors (Lipinski definition) is 2. The Kier molecular flexibility index (Phi) is 8.63. The molecule has 6 heteroatoms. The van der Waals surface area contributed by atoms with Gasteiger partial charge in [-0.1, -0.05) is 46.5 Å². The van der Waals surface area contributed by atoms with E-state index in [9.17, 15) is 24.6 Å². The minimum absolute atomic E-state index is 0.0494. The van der Waals surface area contributed by atoms with Gasteiger partial charge in [0.25, 0.3) is 0 Å². The number of benzene rings is 1. The number of fused-ring (bicyclic) bond motifs is 1. The lowest BCUT2D eigenvalue weighted by atomic mass is 9.84. The van der Waals surface area contributed by atoms with Crippen molar-refractivity contribution in [2.24, 2.45) is 5.92 Å². The number of allylic oxidation sites excluding steroid dienone is 1. The van der Waals surface area contributed by atoms with Crippen LogP contribution in [0.1, 0.15) is 92.9 Å². The number of phenolic OH excluding ortho intramolecular Hbond substituents is 2. The van der Waals surface area contributed by atoms with Crippen LogP contribution < -0.4 is 0 Å². The monoisotopic (exact) mass is 416 g/mol. The second kappa shape index (κ2) is 11.0. The van der Waals surface area contributed by atoms with Gasteiger partial charge in [-0.05, 0) is 43.4 Å². The van der Waals surface area contributed by atoms with Gasteiger partial charge in [-0.2, -0.15) is 0 Å².